The fourth-order valence-electron chi connectivity index (χ4n) is 1.34. The van der Waals surface area contributed by atoms with Crippen molar-refractivity contribution < 1.29 is 14.0 Å². The normalized spacial score (nSPS) is 11.3. The highest BCUT2D eigenvalue weighted by molar-refractivity contribution is 5.96. The van der Waals surface area contributed by atoms with Crippen molar-refractivity contribution in [2.45, 2.75) is 19.4 Å². The Morgan fingerprint density at radius 1 is 1.47 bits per heavy atom. The van der Waals surface area contributed by atoms with E-state index in [0.29, 0.717) is 5.69 Å². The molecule has 0 aliphatic rings. The molecule has 4 N–H and O–H groups in total. The van der Waals surface area contributed by atoms with E-state index in [1.807, 2.05) is 0 Å². The van der Waals surface area contributed by atoms with E-state index in [2.05, 4.69) is 16.6 Å². The van der Waals surface area contributed by atoms with Crippen LogP contribution >= 0.6 is 0 Å². The monoisotopic (exact) mass is 263 g/mol. The van der Waals surface area contributed by atoms with Gasteiger partial charge in [0.15, 0.2) is 0 Å². The van der Waals surface area contributed by atoms with E-state index in [-0.39, 0.29) is 12.1 Å². The van der Waals surface area contributed by atoms with Gasteiger partial charge < -0.3 is 16.4 Å². The Hall–Kier alpha value is -2.39. The van der Waals surface area contributed by atoms with Crippen LogP contribution in [-0.4, -0.2) is 17.9 Å². The first-order valence-electron chi connectivity index (χ1n) is 5.51. The van der Waals surface area contributed by atoms with Crippen LogP contribution in [0.5, 0.6) is 0 Å². The van der Waals surface area contributed by atoms with Crippen LogP contribution in [0.1, 0.15) is 13.3 Å². The highest BCUT2D eigenvalue weighted by Gasteiger charge is 2.13. The molecular weight excluding hydrogens is 249 g/mol. The lowest BCUT2D eigenvalue weighted by atomic mass is 10.2. The smallest absolute Gasteiger partial charge is 0.242 e. The molecule has 5 nitrogen and oxygen atoms in total. The molecule has 1 rings (SSSR count). The fourth-order valence-corrected chi connectivity index (χ4v) is 1.34. The summed E-state index contributed by atoms with van der Waals surface area (Å²) in [5.41, 5.74) is 5.83. The number of nitrogens with two attached hydrogens (primary N) is 1. The van der Waals surface area contributed by atoms with Crippen LogP contribution in [0.3, 0.4) is 0 Å². The first-order valence-corrected chi connectivity index (χ1v) is 5.51. The van der Waals surface area contributed by atoms with Crippen molar-refractivity contribution >= 4 is 23.2 Å². The quantitative estimate of drug-likeness (QED) is 0.710. The average molecular weight is 263 g/mol. The van der Waals surface area contributed by atoms with Crippen molar-refractivity contribution in [2.24, 2.45) is 5.73 Å². The molecule has 2 amide bonds. The van der Waals surface area contributed by atoms with Gasteiger partial charge in [-0.1, -0.05) is 0 Å². The highest BCUT2D eigenvalue weighted by atomic mass is 19.1. The van der Waals surface area contributed by atoms with Crippen molar-refractivity contribution in [3.05, 3.63) is 24.0 Å². The summed E-state index contributed by atoms with van der Waals surface area (Å²) in [4.78, 5) is 22.5. The molecule has 1 aromatic rings. The van der Waals surface area contributed by atoms with Crippen molar-refractivity contribution in [3.8, 4) is 12.3 Å². The van der Waals surface area contributed by atoms with E-state index in [0.717, 1.165) is 6.07 Å². The van der Waals surface area contributed by atoms with Crippen molar-refractivity contribution in [2.75, 3.05) is 10.6 Å². The van der Waals surface area contributed by atoms with E-state index < -0.39 is 23.7 Å². The third-order valence-corrected chi connectivity index (χ3v) is 2.22. The number of carbonyl (C=O) groups is 2. The number of halogens is 1. The molecule has 19 heavy (non-hydrogen) atoms. The maximum Gasteiger partial charge on any atom is 0.242 e. The summed E-state index contributed by atoms with van der Waals surface area (Å²) in [6.45, 7) is 1.26. The molecule has 1 aromatic carbocycles. The van der Waals surface area contributed by atoms with Crippen LogP contribution in [-0.2, 0) is 9.59 Å². The Morgan fingerprint density at radius 2 is 2.16 bits per heavy atom. The maximum absolute atomic E-state index is 13.4. The first kappa shape index (κ1) is 14.7. The van der Waals surface area contributed by atoms with Gasteiger partial charge in [0.1, 0.15) is 5.82 Å². The minimum absolute atomic E-state index is 0.0178. The fraction of sp³-hybridized carbons (Fsp3) is 0.231. The van der Waals surface area contributed by atoms with Crippen molar-refractivity contribution in [1.29, 1.82) is 0 Å². The number of hydrogen-bond acceptors (Lipinski definition) is 3. The van der Waals surface area contributed by atoms with E-state index in [1.54, 1.807) is 0 Å². The molecule has 100 valence electrons. The number of terminal acetylenes is 1. The molecule has 1 unspecified atom stereocenters. The van der Waals surface area contributed by atoms with E-state index >= 15 is 0 Å². The summed E-state index contributed by atoms with van der Waals surface area (Å²) in [5, 5.41) is 4.80. The highest BCUT2D eigenvalue weighted by Crippen LogP contribution is 2.19. The van der Waals surface area contributed by atoms with Gasteiger partial charge in [0.2, 0.25) is 11.8 Å². The number of hydrogen-bond donors (Lipinski definition) is 3. The third-order valence-electron chi connectivity index (χ3n) is 2.22. The van der Waals surface area contributed by atoms with Gasteiger partial charge in [0.25, 0.3) is 0 Å². The number of amides is 2. The summed E-state index contributed by atoms with van der Waals surface area (Å²) < 4.78 is 13.4. The van der Waals surface area contributed by atoms with E-state index in [4.69, 9.17) is 12.2 Å². The van der Waals surface area contributed by atoms with Gasteiger partial charge in [0.05, 0.1) is 11.7 Å². The number of carbonyl (C=O) groups excluding carboxylic acids is 2. The molecule has 0 saturated carbocycles. The zero-order valence-electron chi connectivity index (χ0n) is 10.4. The predicted octanol–water partition coefficient (Wildman–Crippen LogP) is 1.07. The lowest BCUT2D eigenvalue weighted by molar-refractivity contribution is -0.117. The van der Waals surface area contributed by atoms with Crippen LogP contribution in [0.4, 0.5) is 15.8 Å². The third kappa shape index (κ3) is 4.41. The molecule has 0 spiro atoms. The number of rotatable bonds is 4. The molecule has 1 atom stereocenters. The first-order chi connectivity index (χ1) is 8.93. The minimum atomic E-state index is -0.834. The zero-order valence-corrected chi connectivity index (χ0v) is 10.4. The lowest BCUT2D eigenvalue weighted by Crippen LogP contribution is -2.35. The second-order valence-electron chi connectivity index (χ2n) is 3.88. The molecule has 6 heteroatoms. The van der Waals surface area contributed by atoms with E-state index in [1.165, 1.54) is 19.1 Å². The molecule has 0 bridgehead atoms. The summed E-state index contributed by atoms with van der Waals surface area (Å²) in [6.07, 6.45) is 5.16. The molecule has 0 aromatic heterocycles. The van der Waals surface area contributed by atoms with Gasteiger partial charge in [-0.15, -0.1) is 12.3 Å². The Morgan fingerprint density at radius 3 is 2.74 bits per heavy atom. The summed E-state index contributed by atoms with van der Waals surface area (Å²) in [7, 11) is 0. The lowest BCUT2D eigenvalue weighted by Gasteiger charge is -2.11. The van der Waals surface area contributed by atoms with Gasteiger partial charge >= 0.3 is 0 Å². The van der Waals surface area contributed by atoms with Crippen LogP contribution in [0.15, 0.2) is 18.2 Å². The molecular formula is C13H14FN3O2. The van der Waals surface area contributed by atoms with Gasteiger partial charge in [-0.3, -0.25) is 9.59 Å². The Bertz CT molecular complexity index is 537. The SMILES string of the molecule is C#CCC(N)C(=O)Nc1ccc(F)c(NC(C)=O)c1. The molecule has 0 heterocycles. The number of nitrogens with one attached hydrogen (secondary N) is 2. The van der Waals surface area contributed by atoms with Crippen molar-refractivity contribution in [1.82, 2.24) is 0 Å². The standard InChI is InChI=1S/C13H14FN3O2/c1-3-4-11(15)13(19)17-9-5-6-10(14)12(7-9)16-8(2)18/h1,5-7,11H,4,15H2,2H3,(H,16,18)(H,17,19). The Labute approximate surface area is 110 Å². The largest absolute Gasteiger partial charge is 0.325 e. The maximum atomic E-state index is 13.4. The van der Waals surface area contributed by atoms with Crippen LogP contribution in [0, 0.1) is 18.2 Å². The van der Waals surface area contributed by atoms with Crippen LogP contribution < -0.4 is 16.4 Å². The number of anilines is 2. The summed E-state index contributed by atoms with van der Waals surface area (Å²) >= 11 is 0. The van der Waals surface area contributed by atoms with Crippen LogP contribution in [0.25, 0.3) is 0 Å². The van der Waals surface area contributed by atoms with E-state index in [9.17, 15) is 14.0 Å². The van der Waals surface area contributed by atoms with Crippen molar-refractivity contribution in [3.63, 3.8) is 0 Å². The van der Waals surface area contributed by atoms with Gasteiger partial charge in [-0.25, -0.2) is 4.39 Å². The van der Waals surface area contributed by atoms with Gasteiger partial charge in [-0.2, -0.15) is 0 Å². The second-order valence-corrected chi connectivity index (χ2v) is 3.88. The van der Waals surface area contributed by atoms with Crippen LogP contribution in [0.2, 0.25) is 0 Å². The second kappa shape index (κ2) is 6.52. The molecule has 0 aliphatic carbocycles. The summed E-state index contributed by atoms with van der Waals surface area (Å²) in [6, 6.07) is 2.96. The molecule has 0 fully saturated rings. The summed E-state index contributed by atoms with van der Waals surface area (Å²) in [5.74, 6) is 0.797. The number of benzene rings is 1. The topological polar surface area (TPSA) is 84.2 Å². The predicted molar refractivity (Wildman–Crippen MR) is 70.8 cm³/mol. The molecule has 0 saturated heterocycles. The minimum Gasteiger partial charge on any atom is -0.325 e. The van der Waals surface area contributed by atoms with Gasteiger partial charge in [-0.05, 0) is 18.2 Å². The average Bonchev–Trinajstić information content (AvgIpc) is 2.33. The Balaban J connectivity index is 2.82. The van der Waals surface area contributed by atoms with Gasteiger partial charge in [0, 0.05) is 19.0 Å². The molecule has 0 radical (unpaired) electrons. The molecule has 0 aliphatic heterocycles. The zero-order chi connectivity index (χ0) is 14.4. The Kier molecular flexibility index (Phi) is 5.03.